The van der Waals surface area contributed by atoms with Crippen molar-refractivity contribution in [1.82, 2.24) is 8.96 Å². The smallest absolute Gasteiger partial charge is 0.243 e. The molecule has 0 saturated heterocycles. The van der Waals surface area contributed by atoms with Crippen LogP contribution in [-0.2, 0) is 19.1 Å². The van der Waals surface area contributed by atoms with Gasteiger partial charge in [0.15, 0.2) is 0 Å². The summed E-state index contributed by atoms with van der Waals surface area (Å²) in [4.78, 5) is 2.70. The monoisotopic (exact) mass is 452 g/mol. The molecule has 0 bridgehead atoms. The Bertz CT molecular complexity index is 1190. The molecule has 0 aliphatic carbocycles. The van der Waals surface area contributed by atoms with E-state index in [-0.39, 0.29) is 9.90 Å². The highest BCUT2D eigenvalue weighted by Gasteiger charge is 2.35. The van der Waals surface area contributed by atoms with Gasteiger partial charge in [0.2, 0.25) is 0 Å². The molecule has 0 N–H and O–H groups in total. The number of hydrogen-bond acceptors (Lipinski definition) is 6. The normalized spacial score (nSPS) is 12.6. The number of rotatable bonds is 5. The predicted octanol–water partition coefficient (Wildman–Crippen LogP) is 4.02. The van der Waals surface area contributed by atoms with Gasteiger partial charge >= 0.3 is 0 Å². The van der Waals surface area contributed by atoms with Crippen LogP contribution >= 0.6 is 22.0 Å². The molecule has 2 aromatic heterocycles. The highest BCUT2D eigenvalue weighted by molar-refractivity contribution is 8.13. The van der Waals surface area contributed by atoms with Gasteiger partial charge in [0.1, 0.15) is 15.6 Å². The highest BCUT2D eigenvalue weighted by Crippen LogP contribution is 2.41. The van der Waals surface area contributed by atoms with E-state index >= 15 is 0 Å². The van der Waals surface area contributed by atoms with Crippen LogP contribution in [0.2, 0.25) is 0 Å². The molecule has 0 spiro atoms. The Balaban J connectivity index is 2.41. The zero-order chi connectivity index (χ0) is 20.0. The standard InChI is InChI=1S/C15H11ClF2N2O4S3/c1-9-2-4-10(5-3-9)27(23,24)20-8-11(26(16,21)22)12(14(17)18)13(20)15-19-6-7-25-15/h2-8,14H,1H3. The Morgan fingerprint density at radius 1 is 1.15 bits per heavy atom. The zero-order valence-electron chi connectivity index (χ0n) is 13.5. The van der Waals surface area contributed by atoms with Gasteiger partial charge in [0.05, 0.1) is 10.5 Å². The lowest BCUT2D eigenvalue weighted by atomic mass is 10.2. The second kappa shape index (κ2) is 6.97. The molecule has 0 atom stereocenters. The van der Waals surface area contributed by atoms with Crippen molar-refractivity contribution in [2.45, 2.75) is 23.1 Å². The largest absolute Gasteiger partial charge is 0.268 e. The fourth-order valence-corrected chi connectivity index (χ4v) is 5.69. The Labute approximate surface area is 162 Å². The average Bonchev–Trinajstić information content (AvgIpc) is 3.22. The Hall–Kier alpha value is -1.82. The van der Waals surface area contributed by atoms with Gasteiger partial charge in [-0.2, -0.15) is 0 Å². The van der Waals surface area contributed by atoms with Crippen LogP contribution in [0.15, 0.2) is 51.8 Å². The number of nitrogens with zero attached hydrogens (tertiary/aromatic N) is 2. The van der Waals surface area contributed by atoms with Gasteiger partial charge in [-0.1, -0.05) is 17.7 Å². The van der Waals surface area contributed by atoms with E-state index in [0.29, 0.717) is 10.2 Å². The molecule has 3 aromatic rings. The molecular formula is C15H11ClF2N2O4S3. The molecular weight excluding hydrogens is 442 g/mol. The van der Waals surface area contributed by atoms with Crippen LogP contribution in [0, 0.1) is 6.92 Å². The Morgan fingerprint density at radius 2 is 1.78 bits per heavy atom. The van der Waals surface area contributed by atoms with Gasteiger partial charge in [-0.25, -0.2) is 34.6 Å². The Morgan fingerprint density at radius 3 is 2.26 bits per heavy atom. The maximum Gasteiger partial charge on any atom is 0.268 e. The van der Waals surface area contributed by atoms with E-state index in [1.807, 2.05) is 0 Å². The zero-order valence-corrected chi connectivity index (χ0v) is 16.7. The van der Waals surface area contributed by atoms with Crippen LogP contribution in [0.4, 0.5) is 8.78 Å². The van der Waals surface area contributed by atoms with E-state index < -0.39 is 41.7 Å². The van der Waals surface area contributed by atoms with Crippen molar-refractivity contribution in [3.8, 4) is 10.7 Å². The highest BCUT2D eigenvalue weighted by atomic mass is 35.7. The molecule has 6 nitrogen and oxygen atoms in total. The van der Waals surface area contributed by atoms with Crippen LogP contribution in [0.5, 0.6) is 0 Å². The molecule has 1 aromatic carbocycles. The van der Waals surface area contributed by atoms with E-state index in [2.05, 4.69) is 4.98 Å². The van der Waals surface area contributed by atoms with Crippen LogP contribution in [-0.4, -0.2) is 25.8 Å². The lowest BCUT2D eigenvalue weighted by molar-refractivity contribution is 0.149. The summed E-state index contributed by atoms with van der Waals surface area (Å²) in [7, 11) is -3.73. The van der Waals surface area contributed by atoms with Crippen molar-refractivity contribution < 1.29 is 25.6 Å². The van der Waals surface area contributed by atoms with Crippen molar-refractivity contribution in [3.63, 3.8) is 0 Å². The molecule has 0 fully saturated rings. The number of halogens is 3. The first kappa shape index (κ1) is 19.9. The van der Waals surface area contributed by atoms with Gasteiger partial charge in [-0.15, -0.1) is 11.3 Å². The molecule has 0 unspecified atom stereocenters. The second-order valence-electron chi connectivity index (χ2n) is 5.45. The number of thiazole rings is 1. The molecule has 12 heteroatoms. The van der Waals surface area contributed by atoms with Crippen LogP contribution < -0.4 is 0 Å². The van der Waals surface area contributed by atoms with Gasteiger partial charge in [-0.3, -0.25) is 0 Å². The first-order valence-electron chi connectivity index (χ1n) is 7.23. The Kier molecular flexibility index (Phi) is 5.14. The van der Waals surface area contributed by atoms with Crippen molar-refractivity contribution in [1.29, 1.82) is 0 Å². The van der Waals surface area contributed by atoms with Gasteiger partial charge in [0, 0.05) is 28.5 Å². The predicted molar refractivity (Wildman–Crippen MR) is 97.3 cm³/mol. The van der Waals surface area contributed by atoms with Crippen LogP contribution in [0.25, 0.3) is 10.7 Å². The van der Waals surface area contributed by atoms with E-state index in [1.54, 1.807) is 6.92 Å². The lowest BCUT2D eigenvalue weighted by Gasteiger charge is -2.10. The second-order valence-corrected chi connectivity index (χ2v) is 10.7. The summed E-state index contributed by atoms with van der Waals surface area (Å²) in [5.74, 6) is 0. The topological polar surface area (TPSA) is 86.1 Å². The fourth-order valence-electron chi connectivity index (χ4n) is 2.44. The number of aromatic nitrogens is 2. The number of aryl methyl sites for hydroxylation is 1. The third-order valence-corrected chi connectivity index (χ3v) is 7.47. The third kappa shape index (κ3) is 3.64. The van der Waals surface area contributed by atoms with E-state index in [0.717, 1.165) is 16.9 Å². The molecule has 0 aliphatic heterocycles. The summed E-state index contributed by atoms with van der Waals surface area (Å²) < 4.78 is 77.6. The van der Waals surface area contributed by atoms with Gasteiger partial charge < -0.3 is 0 Å². The molecule has 27 heavy (non-hydrogen) atoms. The molecule has 0 saturated carbocycles. The molecule has 0 amide bonds. The van der Waals surface area contributed by atoms with Crippen molar-refractivity contribution in [3.05, 3.63) is 53.2 Å². The van der Waals surface area contributed by atoms with E-state index in [9.17, 15) is 25.6 Å². The molecule has 0 aliphatic rings. The maximum absolute atomic E-state index is 13.7. The summed E-state index contributed by atoms with van der Waals surface area (Å²) in [6.07, 6.45) is -1.41. The molecule has 0 radical (unpaired) electrons. The average molecular weight is 453 g/mol. The number of benzene rings is 1. The lowest BCUT2D eigenvalue weighted by Crippen LogP contribution is -2.13. The minimum Gasteiger partial charge on any atom is -0.243 e. The molecule has 2 heterocycles. The third-order valence-electron chi connectivity index (χ3n) is 3.67. The van der Waals surface area contributed by atoms with Crippen molar-refractivity contribution in [2.75, 3.05) is 0 Å². The SMILES string of the molecule is Cc1ccc(S(=O)(=O)n2cc(S(=O)(=O)Cl)c(C(F)F)c2-c2nccs2)cc1. The minimum absolute atomic E-state index is 0.0763. The van der Waals surface area contributed by atoms with Crippen molar-refractivity contribution in [2.24, 2.45) is 0 Å². The molecule has 144 valence electrons. The summed E-state index contributed by atoms with van der Waals surface area (Å²) in [5.41, 5.74) is -0.741. The quantitative estimate of drug-likeness (QED) is 0.546. The van der Waals surface area contributed by atoms with Crippen LogP contribution in [0.1, 0.15) is 17.6 Å². The summed E-state index contributed by atoms with van der Waals surface area (Å²) in [6, 6.07) is 5.67. The van der Waals surface area contributed by atoms with Gasteiger partial charge in [0.25, 0.3) is 25.5 Å². The number of hydrogen-bond donors (Lipinski definition) is 0. The molecule has 3 rings (SSSR count). The van der Waals surface area contributed by atoms with E-state index in [1.165, 1.54) is 35.8 Å². The first-order chi connectivity index (χ1) is 12.5. The summed E-state index contributed by atoms with van der Waals surface area (Å²) >= 11 is 0.892. The van der Waals surface area contributed by atoms with Gasteiger partial charge in [-0.05, 0) is 19.1 Å². The fraction of sp³-hybridized carbons (Fsp3) is 0.133. The van der Waals surface area contributed by atoms with Crippen molar-refractivity contribution >= 4 is 41.1 Å². The summed E-state index contributed by atoms with van der Waals surface area (Å²) in [6.45, 7) is 1.75. The van der Waals surface area contributed by atoms with E-state index in [4.69, 9.17) is 10.7 Å². The number of alkyl halides is 2. The summed E-state index contributed by atoms with van der Waals surface area (Å²) in [5, 5.41) is 1.38. The van der Waals surface area contributed by atoms with Crippen LogP contribution in [0.3, 0.4) is 0 Å². The first-order valence-corrected chi connectivity index (χ1v) is 11.9. The minimum atomic E-state index is -4.64. The maximum atomic E-state index is 13.7.